The summed E-state index contributed by atoms with van der Waals surface area (Å²) in [4.78, 5) is 12.9. The number of aromatic nitrogens is 2. The predicted octanol–water partition coefficient (Wildman–Crippen LogP) is 3.58. The van der Waals surface area contributed by atoms with Crippen LogP contribution in [0.4, 0.5) is 4.39 Å². The number of hydrogen-bond acceptors (Lipinski definition) is 1. The van der Waals surface area contributed by atoms with Gasteiger partial charge in [0, 0.05) is 0 Å². The van der Waals surface area contributed by atoms with E-state index in [4.69, 9.17) is 4.98 Å². The standard InChI is InChI=1S/C15H10FN2.2CH3.Sn.H/c16-13-8-6-12(7-9-13)15-17-10-14(18-15)11-4-2-1-3-5-11;;;;/h1-9H,(H,17,18);2*1H3;;. The van der Waals surface area contributed by atoms with Crippen molar-refractivity contribution < 1.29 is 4.39 Å². The number of halogens is 1. The van der Waals surface area contributed by atoms with Crippen LogP contribution in [0.15, 0.2) is 54.6 Å². The van der Waals surface area contributed by atoms with Gasteiger partial charge in [0.15, 0.2) is 0 Å². The van der Waals surface area contributed by atoms with Gasteiger partial charge in [0.05, 0.1) is 0 Å². The zero-order valence-corrected chi connectivity index (χ0v) is 15.4. The SMILES string of the molecule is [CH3][SnH]([CH3])[c]1[nH]c(-c2ccc(F)cc2)nc1-c1ccccc1. The number of aromatic amines is 1. The van der Waals surface area contributed by atoms with Crippen LogP contribution in [0, 0.1) is 5.82 Å². The number of imidazole rings is 1. The van der Waals surface area contributed by atoms with Crippen LogP contribution in [0.2, 0.25) is 9.88 Å². The molecule has 21 heavy (non-hydrogen) atoms. The van der Waals surface area contributed by atoms with Gasteiger partial charge in [-0.2, -0.15) is 0 Å². The molecule has 2 aromatic carbocycles. The van der Waals surface area contributed by atoms with E-state index >= 15 is 0 Å². The molecule has 0 saturated heterocycles. The van der Waals surface area contributed by atoms with Crippen LogP contribution in [0.5, 0.6) is 0 Å². The molecule has 0 bridgehead atoms. The van der Waals surface area contributed by atoms with Crippen molar-refractivity contribution in [2.24, 2.45) is 0 Å². The van der Waals surface area contributed by atoms with Crippen molar-refractivity contribution in [3.05, 3.63) is 60.4 Å². The van der Waals surface area contributed by atoms with Crippen LogP contribution in [0.25, 0.3) is 22.6 Å². The molecule has 1 heterocycles. The molecule has 0 spiro atoms. The zero-order chi connectivity index (χ0) is 14.8. The van der Waals surface area contributed by atoms with E-state index in [2.05, 4.69) is 27.0 Å². The molecule has 1 N–H and O–H groups in total. The average Bonchev–Trinajstić information content (AvgIpc) is 2.94. The fraction of sp³-hybridized carbons (Fsp3) is 0.118. The van der Waals surface area contributed by atoms with Gasteiger partial charge in [-0.3, -0.25) is 0 Å². The van der Waals surface area contributed by atoms with E-state index in [9.17, 15) is 4.39 Å². The van der Waals surface area contributed by atoms with Crippen molar-refractivity contribution in [2.45, 2.75) is 9.88 Å². The summed E-state index contributed by atoms with van der Waals surface area (Å²) in [6.45, 7) is 0. The van der Waals surface area contributed by atoms with Crippen molar-refractivity contribution in [2.75, 3.05) is 0 Å². The van der Waals surface area contributed by atoms with Crippen molar-refractivity contribution in [1.29, 1.82) is 0 Å². The Hall–Kier alpha value is -1.62. The molecule has 0 fully saturated rings. The van der Waals surface area contributed by atoms with E-state index < -0.39 is 19.8 Å². The molecule has 0 atom stereocenters. The third-order valence-electron chi connectivity index (χ3n) is 3.47. The summed E-state index contributed by atoms with van der Waals surface area (Å²) in [5.41, 5.74) is 3.12. The number of H-pyrrole nitrogens is 1. The second-order valence-corrected chi connectivity index (χ2v) is 13.6. The monoisotopic (exact) mass is 388 g/mol. The number of benzene rings is 2. The maximum absolute atomic E-state index is 13.1. The van der Waals surface area contributed by atoms with Gasteiger partial charge >= 0.3 is 131 Å². The fourth-order valence-corrected chi connectivity index (χ4v) is 5.80. The van der Waals surface area contributed by atoms with E-state index in [1.54, 1.807) is 12.1 Å². The van der Waals surface area contributed by atoms with Crippen LogP contribution >= 0.6 is 0 Å². The van der Waals surface area contributed by atoms with Crippen molar-refractivity contribution in [1.82, 2.24) is 9.97 Å². The van der Waals surface area contributed by atoms with Crippen LogP contribution in [0.1, 0.15) is 0 Å². The Labute approximate surface area is 130 Å². The van der Waals surface area contributed by atoms with Crippen LogP contribution in [-0.2, 0) is 0 Å². The molecule has 3 rings (SSSR count). The predicted molar refractivity (Wildman–Crippen MR) is 87.9 cm³/mol. The van der Waals surface area contributed by atoms with Crippen LogP contribution in [0.3, 0.4) is 0 Å². The molecular formula is C17H17FN2Sn. The van der Waals surface area contributed by atoms with Gasteiger partial charge < -0.3 is 0 Å². The first-order valence-corrected chi connectivity index (χ1v) is 15.3. The number of rotatable bonds is 3. The van der Waals surface area contributed by atoms with E-state index in [1.807, 2.05) is 18.2 Å². The van der Waals surface area contributed by atoms with Gasteiger partial charge in [-0.25, -0.2) is 0 Å². The number of hydrogen-bond donors (Lipinski definition) is 1. The molecule has 1 aromatic heterocycles. The van der Waals surface area contributed by atoms with Crippen molar-refractivity contribution in [3.63, 3.8) is 0 Å². The summed E-state index contributed by atoms with van der Waals surface area (Å²) < 4.78 is 14.4. The molecule has 0 aliphatic rings. The minimum atomic E-state index is -1.75. The molecule has 4 heteroatoms. The van der Waals surface area contributed by atoms with E-state index in [1.165, 1.54) is 15.8 Å². The summed E-state index contributed by atoms with van der Waals surface area (Å²) in [5, 5.41) is 0. The minimum absolute atomic E-state index is 0.225. The topological polar surface area (TPSA) is 28.7 Å². The normalized spacial score (nSPS) is 11.0. The first-order chi connectivity index (χ1) is 10.1. The zero-order valence-electron chi connectivity index (χ0n) is 12.1. The fourth-order valence-electron chi connectivity index (χ4n) is 2.37. The summed E-state index contributed by atoms with van der Waals surface area (Å²) in [5.74, 6) is 0.603. The quantitative estimate of drug-likeness (QED) is 0.685. The van der Waals surface area contributed by atoms with Gasteiger partial charge in [-0.15, -0.1) is 0 Å². The van der Waals surface area contributed by atoms with Gasteiger partial charge in [-0.05, 0) is 0 Å². The summed E-state index contributed by atoms with van der Waals surface area (Å²) in [7, 11) is 0. The Balaban J connectivity index is 2.11. The second kappa shape index (κ2) is 6.01. The molecule has 0 aliphatic carbocycles. The van der Waals surface area contributed by atoms with Crippen molar-refractivity contribution in [3.8, 4) is 22.6 Å². The summed E-state index contributed by atoms with van der Waals surface area (Å²) >= 11 is -1.75. The van der Waals surface area contributed by atoms with E-state index in [0.717, 1.165) is 22.6 Å². The maximum atomic E-state index is 13.1. The molecule has 106 valence electrons. The van der Waals surface area contributed by atoms with Crippen LogP contribution < -0.4 is 3.71 Å². The summed E-state index contributed by atoms with van der Waals surface area (Å²) in [6.07, 6.45) is 0. The van der Waals surface area contributed by atoms with Crippen LogP contribution in [-0.4, -0.2) is 29.7 Å². The van der Waals surface area contributed by atoms with E-state index in [-0.39, 0.29) is 5.82 Å². The van der Waals surface area contributed by atoms with Gasteiger partial charge in [0.2, 0.25) is 0 Å². The van der Waals surface area contributed by atoms with Gasteiger partial charge in [0.25, 0.3) is 0 Å². The third-order valence-corrected chi connectivity index (χ3v) is 7.96. The molecule has 0 aliphatic heterocycles. The first-order valence-electron chi connectivity index (χ1n) is 7.06. The Morgan fingerprint density at radius 3 is 2.19 bits per heavy atom. The first kappa shape index (κ1) is 14.3. The van der Waals surface area contributed by atoms with Gasteiger partial charge in [-0.1, -0.05) is 0 Å². The number of nitrogens with one attached hydrogen (secondary N) is 1. The third kappa shape index (κ3) is 3.02. The summed E-state index contributed by atoms with van der Waals surface area (Å²) in [6, 6.07) is 16.7. The molecule has 0 saturated carbocycles. The Morgan fingerprint density at radius 1 is 0.905 bits per heavy atom. The molecule has 3 aromatic rings. The molecule has 0 radical (unpaired) electrons. The Morgan fingerprint density at radius 2 is 1.57 bits per heavy atom. The number of nitrogens with zero attached hydrogens (tertiary/aromatic N) is 1. The van der Waals surface area contributed by atoms with Gasteiger partial charge in [0.1, 0.15) is 0 Å². The molecular weight excluding hydrogens is 370 g/mol. The van der Waals surface area contributed by atoms with Crippen molar-refractivity contribution >= 4 is 23.5 Å². The van der Waals surface area contributed by atoms with E-state index in [0.29, 0.717) is 0 Å². The average molecular weight is 387 g/mol. The second-order valence-electron chi connectivity index (χ2n) is 5.38. The molecule has 0 unspecified atom stereocenters. The Kier molecular flexibility index (Phi) is 4.10. The molecule has 0 amide bonds. The Bertz CT molecular complexity index is 733. The molecule has 2 nitrogen and oxygen atoms in total.